The Hall–Kier alpha value is -2.19. The SMILES string of the molecule is CC(C)OC(=O)COC/C=C\C[C@H]1C=CC(=O)/C1=C/C1([C@@H](O)C/C=C\CC(F)(F)F)CC1. The monoisotopic (exact) mass is 456 g/mol. The fourth-order valence-corrected chi connectivity index (χ4v) is 3.49. The van der Waals surface area contributed by atoms with Crippen LogP contribution in [0.1, 0.15) is 46.0 Å². The molecule has 0 spiro atoms. The van der Waals surface area contributed by atoms with Gasteiger partial charge in [0, 0.05) is 16.9 Å². The quantitative estimate of drug-likeness (QED) is 0.201. The first-order valence-electron chi connectivity index (χ1n) is 10.8. The van der Waals surface area contributed by atoms with Gasteiger partial charge in [-0.1, -0.05) is 36.5 Å². The third-order valence-electron chi connectivity index (χ3n) is 5.33. The predicted octanol–water partition coefficient (Wildman–Crippen LogP) is 4.62. The average Bonchev–Trinajstić information content (AvgIpc) is 3.40. The number of aliphatic hydroxyl groups is 1. The van der Waals surface area contributed by atoms with Gasteiger partial charge in [-0.3, -0.25) is 4.79 Å². The highest BCUT2D eigenvalue weighted by Crippen LogP contribution is 2.53. The molecule has 0 heterocycles. The molecule has 0 aromatic carbocycles. The zero-order chi connectivity index (χ0) is 23.8. The summed E-state index contributed by atoms with van der Waals surface area (Å²) in [6.45, 7) is 3.63. The van der Waals surface area contributed by atoms with E-state index in [2.05, 4.69) is 0 Å². The van der Waals surface area contributed by atoms with Gasteiger partial charge < -0.3 is 14.6 Å². The van der Waals surface area contributed by atoms with Crippen LogP contribution in [0.3, 0.4) is 0 Å². The lowest BCUT2D eigenvalue weighted by Gasteiger charge is -2.20. The number of rotatable bonds is 12. The number of esters is 1. The van der Waals surface area contributed by atoms with Gasteiger partial charge in [-0.15, -0.1) is 0 Å². The summed E-state index contributed by atoms with van der Waals surface area (Å²) in [5.74, 6) is -0.665. The summed E-state index contributed by atoms with van der Waals surface area (Å²) in [4.78, 5) is 23.7. The molecule has 0 aromatic rings. The lowest BCUT2D eigenvalue weighted by Crippen LogP contribution is -2.21. The van der Waals surface area contributed by atoms with Crippen molar-refractivity contribution in [3.8, 4) is 0 Å². The lowest BCUT2D eigenvalue weighted by molar-refractivity contribution is -0.152. The molecule has 0 radical (unpaired) electrons. The standard InChI is InChI=1S/C24H31F3O5/c1-17(2)32-22(30)16-31-14-6-4-7-18-9-10-20(28)19(18)15-23(12-13-23)21(29)8-3-5-11-24(25,26)27/h3-6,9-10,15,17-18,21,29H,7-8,11-14,16H2,1-2H3/b5-3-,6-4-,19-15+/t18-,21-/m0/s1. The second-order valence-electron chi connectivity index (χ2n) is 8.47. The molecule has 2 aliphatic carbocycles. The Morgan fingerprint density at radius 3 is 2.59 bits per heavy atom. The van der Waals surface area contributed by atoms with Crippen molar-refractivity contribution in [2.75, 3.05) is 13.2 Å². The Kier molecular flexibility index (Phi) is 9.46. The largest absolute Gasteiger partial charge is 0.461 e. The third kappa shape index (κ3) is 8.74. The Morgan fingerprint density at radius 2 is 1.97 bits per heavy atom. The van der Waals surface area contributed by atoms with E-state index in [-0.39, 0.29) is 37.4 Å². The Bertz CT molecular complexity index is 773. The summed E-state index contributed by atoms with van der Waals surface area (Å²) in [7, 11) is 0. The molecule has 2 atom stereocenters. The summed E-state index contributed by atoms with van der Waals surface area (Å²) in [6.07, 6.45) is 6.90. The maximum atomic E-state index is 12.3. The highest BCUT2D eigenvalue weighted by atomic mass is 19.4. The van der Waals surface area contributed by atoms with Crippen molar-refractivity contribution in [2.24, 2.45) is 11.3 Å². The van der Waals surface area contributed by atoms with Gasteiger partial charge in [0.25, 0.3) is 0 Å². The zero-order valence-electron chi connectivity index (χ0n) is 18.4. The van der Waals surface area contributed by atoms with Crippen molar-refractivity contribution in [3.63, 3.8) is 0 Å². The molecule has 8 heteroatoms. The lowest BCUT2D eigenvalue weighted by atomic mass is 9.88. The Balaban J connectivity index is 1.84. The van der Waals surface area contributed by atoms with Gasteiger partial charge in [0.05, 0.1) is 25.2 Å². The number of allylic oxidation sites excluding steroid dienone is 5. The van der Waals surface area contributed by atoms with E-state index in [0.717, 1.165) is 6.08 Å². The average molecular weight is 457 g/mol. The molecule has 0 bridgehead atoms. The topological polar surface area (TPSA) is 72.8 Å². The number of hydrogen-bond donors (Lipinski definition) is 1. The minimum Gasteiger partial charge on any atom is -0.461 e. The molecule has 1 saturated carbocycles. The van der Waals surface area contributed by atoms with Crippen molar-refractivity contribution in [3.05, 3.63) is 48.1 Å². The summed E-state index contributed by atoms with van der Waals surface area (Å²) >= 11 is 0. The first-order valence-corrected chi connectivity index (χ1v) is 10.8. The van der Waals surface area contributed by atoms with Crippen LogP contribution in [0.25, 0.3) is 0 Å². The second-order valence-corrected chi connectivity index (χ2v) is 8.47. The molecule has 0 amide bonds. The van der Waals surface area contributed by atoms with Crippen LogP contribution >= 0.6 is 0 Å². The molecule has 0 unspecified atom stereocenters. The van der Waals surface area contributed by atoms with E-state index in [4.69, 9.17) is 9.47 Å². The second kappa shape index (κ2) is 11.6. The van der Waals surface area contributed by atoms with Gasteiger partial charge in [0.2, 0.25) is 0 Å². The van der Waals surface area contributed by atoms with E-state index in [1.807, 2.05) is 18.2 Å². The van der Waals surface area contributed by atoms with E-state index in [9.17, 15) is 27.9 Å². The fourth-order valence-electron chi connectivity index (χ4n) is 3.49. The number of ketones is 1. The van der Waals surface area contributed by atoms with Gasteiger partial charge in [-0.2, -0.15) is 13.2 Å². The number of carbonyl (C=O) groups is 2. The number of halogens is 3. The van der Waals surface area contributed by atoms with Crippen LogP contribution in [0, 0.1) is 11.3 Å². The molecule has 2 rings (SSSR count). The number of carbonyl (C=O) groups excluding carboxylic acids is 2. The van der Waals surface area contributed by atoms with Crippen molar-refractivity contribution in [2.45, 2.75) is 64.3 Å². The molecule has 2 aliphatic rings. The van der Waals surface area contributed by atoms with Gasteiger partial charge in [0.1, 0.15) is 6.61 Å². The first-order chi connectivity index (χ1) is 15.0. The number of aliphatic hydroxyl groups excluding tert-OH is 1. The van der Waals surface area contributed by atoms with Gasteiger partial charge in [0.15, 0.2) is 5.78 Å². The van der Waals surface area contributed by atoms with Crippen LogP contribution in [0.5, 0.6) is 0 Å². The first kappa shape index (κ1) is 26.1. The van der Waals surface area contributed by atoms with Crippen molar-refractivity contribution in [1.82, 2.24) is 0 Å². The summed E-state index contributed by atoms with van der Waals surface area (Å²) in [5, 5.41) is 10.5. The van der Waals surface area contributed by atoms with Crippen LogP contribution in [0.15, 0.2) is 48.1 Å². The zero-order valence-corrected chi connectivity index (χ0v) is 18.4. The Labute approximate surface area is 186 Å². The number of hydrogen-bond acceptors (Lipinski definition) is 5. The van der Waals surface area contributed by atoms with E-state index >= 15 is 0 Å². The predicted molar refractivity (Wildman–Crippen MR) is 114 cm³/mol. The van der Waals surface area contributed by atoms with Crippen molar-refractivity contribution < 1.29 is 37.3 Å². The molecule has 0 aliphatic heterocycles. The van der Waals surface area contributed by atoms with Crippen molar-refractivity contribution in [1.29, 1.82) is 0 Å². The van der Waals surface area contributed by atoms with Crippen LogP contribution < -0.4 is 0 Å². The van der Waals surface area contributed by atoms with Gasteiger partial charge in [-0.05, 0) is 45.6 Å². The maximum Gasteiger partial charge on any atom is 0.392 e. The summed E-state index contributed by atoms with van der Waals surface area (Å²) in [5.41, 5.74) is 0.0495. The molecule has 5 nitrogen and oxygen atoms in total. The summed E-state index contributed by atoms with van der Waals surface area (Å²) < 4.78 is 46.9. The molecular formula is C24H31F3O5. The molecule has 1 fully saturated rings. The van der Waals surface area contributed by atoms with Crippen LogP contribution in [0.2, 0.25) is 0 Å². The number of alkyl halides is 3. The molecule has 32 heavy (non-hydrogen) atoms. The van der Waals surface area contributed by atoms with Gasteiger partial charge in [-0.25, -0.2) is 4.79 Å². The molecule has 178 valence electrons. The fraction of sp³-hybridized carbons (Fsp3) is 0.583. The normalized spacial score (nSPS) is 22.5. The Morgan fingerprint density at radius 1 is 1.25 bits per heavy atom. The van der Waals surface area contributed by atoms with Gasteiger partial charge >= 0.3 is 12.1 Å². The smallest absolute Gasteiger partial charge is 0.392 e. The number of ether oxygens (including phenoxy) is 2. The van der Waals surface area contributed by atoms with Crippen LogP contribution in [-0.2, 0) is 19.1 Å². The van der Waals surface area contributed by atoms with E-state index < -0.39 is 30.1 Å². The van der Waals surface area contributed by atoms with E-state index in [1.54, 1.807) is 19.9 Å². The molecule has 0 aromatic heterocycles. The molecular weight excluding hydrogens is 425 g/mol. The van der Waals surface area contributed by atoms with Crippen LogP contribution in [0.4, 0.5) is 13.2 Å². The molecule has 0 saturated heterocycles. The maximum absolute atomic E-state index is 12.3. The molecule has 1 N–H and O–H groups in total. The minimum absolute atomic E-state index is 0.109. The highest BCUT2D eigenvalue weighted by Gasteiger charge is 2.47. The van der Waals surface area contributed by atoms with E-state index in [1.165, 1.54) is 12.2 Å². The van der Waals surface area contributed by atoms with E-state index in [0.29, 0.717) is 24.8 Å². The minimum atomic E-state index is -4.26. The van der Waals surface area contributed by atoms with Crippen molar-refractivity contribution >= 4 is 11.8 Å². The van der Waals surface area contributed by atoms with Crippen LogP contribution in [-0.4, -0.2) is 48.5 Å². The third-order valence-corrected chi connectivity index (χ3v) is 5.33. The highest BCUT2D eigenvalue weighted by molar-refractivity contribution is 6.07. The summed E-state index contributed by atoms with van der Waals surface area (Å²) in [6, 6.07) is 0.